The van der Waals surface area contributed by atoms with Crippen LogP contribution >= 0.6 is 45.8 Å². The summed E-state index contributed by atoms with van der Waals surface area (Å²) in [5, 5.41) is 17.6. The first-order valence-corrected chi connectivity index (χ1v) is 10.6. The highest BCUT2D eigenvalue weighted by Gasteiger charge is 2.09. The molecule has 0 aliphatic heterocycles. The van der Waals surface area contributed by atoms with Gasteiger partial charge in [0.05, 0.1) is 23.4 Å². The molecule has 0 aliphatic rings. The first kappa shape index (κ1) is 15.8. The van der Waals surface area contributed by atoms with Gasteiger partial charge in [-0.15, -0.1) is 32.9 Å². The van der Waals surface area contributed by atoms with E-state index in [9.17, 15) is 0 Å². The Bertz CT molecular complexity index is 883. The van der Waals surface area contributed by atoms with Gasteiger partial charge in [-0.3, -0.25) is 0 Å². The first-order valence-electron chi connectivity index (χ1n) is 7.07. The highest BCUT2D eigenvalue weighted by molar-refractivity contribution is 8.00. The normalized spacial score (nSPS) is 11.0. The van der Waals surface area contributed by atoms with Crippen LogP contribution in [0.5, 0.6) is 0 Å². The Kier molecular flexibility index (Phi) is 4.93. The third kappa shape index (κ3) is 3.86. The Labute approximate surface area is 154 Å². The van der Waals surface area contributed by atoms with Crippen LogP contribution in [0.25, 0.3) is 9.88 Å². The Balaban J connectivity index is 1.31. The molecule has 0 saturated heterocycles. The van der Waals surface area contributed by atoms with E-state index >= 15 is 0 Å². The smallest absolute Gasteiger partial charge is 0.206 e. The number of hydrogen-bond acceptors (Lipinski definition) is 9. The Morgan fingerprint density at radius 2 is 2.17 bits per heavy atom. The average molecular weight is 393 g/mol. The highest BCUT2D eigenvalue weighted by atomic mass is 32.2. The minimum absolute atomic E-state index is 0.614. The van der Waals surface area contributed by atoms with Gasteiger partial charge in [0.1, 0.15) is 10.8 Å². The minimum Gasteiger partial charge on any atom is -0.467 e. The molecule has 0 atom stereocenters. The summed E-state index contributed by atoms with van der Waals surface area (Å²) in [5.74, 6) is 1.68. The quantitative estimate of drug-likeness (QED) is 0.435. The first-order chi connectivity index (χ1) is 11.9. The SMILES string of the molecule is c1coc(CNc2nnc(SCc3csc(-c4cccs4)n3)s2)c1. The van der Waals surface area contributed by atoms with Gasteiger partial charge >= 0.3 is 0 Å². The fourth-order valence-electron chi connectivity index (χ4n) is 1.94. The third-order valence-corrected chi connectivity index (χ3v) is 7.01. The molecule has 0 unspecified atom stereocenters. The molecule has 4 aromatic heterocycles. The molecule has 5 nitrogen and oxygen atoms in total. The highest BCUT2D eigenvalue weighted by Crippen LogP contribution is 2.32. The topological polar surface area (TPSA) is 63.8 Å². The lowest BCUT2D eigenvalue weighted by molar-refractivity contribution is 0.518. The number of aromatic nitrogens is 3. The fourth-order valence-corrected chi connectivity index (χ4v) is 5.32. The molecule has 0 aromatic carbocycles. The molecule has 0 spiro atoms. The summed E-state index contributed by atoms with van der Waals surface area (Å²) in [6, 6.07) is 7.95. The molecule has 122 valence electrons. The van der Waals surface area contributed by atoms with Gasteiger partial charge in [0.15, 0.2) is 4.34 Å². The molecule has 4 rings (SSSR count). The van der Waals surface area contributed by atoms with Crippen LogP contribution in [0.4, 0.5) is 5.13 Å². The molecule has 9 heteroatoms. The maximum atomic E-state index is 5.28. The van der Waals surface area contributed by atoms with Crippen LogP contribution in [-0.2, 0) is 12.3 Å². The van der Waals surface area contributed by atoms with Crippen LogP contribution < -0.4 is 5.32 Å². The molecule has 4 aromatic rings. The number of thiazole rings is 1. The summed E-state index contributed by atoms with van der Waals surface area (Å²) in [6.07, 6.45) is 1.66. The van der Waals surface area contributed by atoms with Crippen molar-refractivity contribution >= 4 is 50.9 Å². The number of rotatable bonds is 7. The molecule has 0 bridgehead atoms. The monoisotopic (exact) mass is 392 g/mol. The summed E-state index contributed by atoms with van der Waals surface area (Å²) in [7, 11) is 0. The summed E-state index contributed by atoms with van der Waals surface area (Å²) in [6.45, 7) is 0.614. The lowest BCUT2D eigenvalue weighted by Gasteiger charge is -1.96. The van der Waals surface area contributed by atoms with Crippen molar-refractivity contribution in [2.24, 2.45) is 0 Å². The second kappa shape index (κ2) is 7.47. The summed E-state index contributed by atoms with van der Waals surface area (Å²) >= 11 is 6.60. The molecular formula is C15H12N4OS4. The zero-order valence-corrected chi connectivity index (χ0v) is 15.6. The Morgan fingerprint density at radius 3 is 3.00 bits per heavy atom. The number of anilines is 1. The second-order valence-corrected chi connectivity index (χ2v) is 8.72. The van der Waals surface area contributed by atoms with Crippen LogP contribution in [0.15, 0.2) is 50.0 Å². The number of nitrogens with zero attached hydrogens (tertiary/aromatic N) is 3. The van der Waals surface area contributed by atoms with E-state index in [1.807, 2.05) is 18.2 Å². The predicted octanol–water partition coefficient (Wildman–Crippen LogP) is 5.22. The van der Waals surface area contributed by atoms with Crippen LogP contribution in [0.3, 0.4) is 0 Å². The number of thiophene rings is 1. The summed E-state index contributed by atoms with van der Waals surface area (Å²) in [5.41, 5.74) is 1.08. The van der Waals surface area contributed by atoms with Crippen molar-refractivity contribution in [1.82, 2.24) is 15.2 Å². The van der Waals surface area contributed by atoms with Crippen LogP contribution in [0.2, 0.25) is 0 Å². The molecule has 0 amide bonds. The molecule has 0 saturated carbocycles. The maximum Gasteiger partial charge on any atom is 0.206 e. The molecular weight excluding hydrogens is 380 g/mol. The zero-order chi connectivity index (χ0) is 16.2. The van der Waals surface area contributed by atoms with E-state index in [1.165, 1.54) is 4.88 Å². The van der Waals surface area contributed by atoms with Gasteiger partial charge in [0.25, 0.3) is 0 Å². The van der Waals surface area contributed by atoms with Crippen molar-refractivity contribution in [3.8, 4) is 9.88 Å². The van der Waals surface area contributed by atoms with Crippen molar-refractivity contribution in [3.05, 3.63) is 52.7 Å². The molecule has 1 N–H and O–H groups in total. The number of nitrogens with one attached hydrogen (secondary N) is 1. The van der Waals surface area contributed by atoms with Gasteiger partial charge in [0, 0.05) is 11.1 Å². The fraction of sp³-hybridized carbons (Fsp3) is 0.133. The van der Waals surface area contributed by atoms with Gasteiger partial charge in [-0.25, -0.2) is 4.98 Å². The van der Waals surface area contributed by atoms with Crippen LogP contribution in [-0.4, -0.2) is 15.2 Å². The van der Waals surface area contributed by atoms with E-state index in [0.29, 0.717) is 6.54 Å². The van der Waals surface area contributed by atoms with Gasteiger partial charge in [-0.2, -0.15) is 0 Å². The van der Waals surface area contributed by atoms with Gasteiger partial charge in [0.2, 0.25) is 5.13 Å². The van der Waals surface area contributed by atoms with Crippen molar-refractivity contribution in [3.63, 3.8) is 0 Å². The van der Waals surface area contributed by atoms with E-state index in [2.05, 4.69) is 37.3 Å². The van der Waals surface area contributed by atoms with Crippen molar-refractivity contribution in [2.75, 3.05) is 5.32 Å². The standard InChI is InChI=1S/C15H12N4OS4/c1-3-11(20-5-1)7-16-14-18-19-15(24-14)23-9-10-8-22-13(17-10)12-4-2-6-21-12/h1-6,8H,7,9H2,(H,16,18). The maximum absolute atomic E-state index is 5.28. The van der Waals surface area contributed by atoms with Crippen molar-refractivity contribution in [1.29, 1.82) is 0 Å². The summed E-state index contributed by atoms with van der Waals surface area (Å²) < 4.78 is 6.22. The van der Waals surface area contributed by atoms with Gasteiger partial charge < -0.3 is 9.73 Å². The van der Waals surface area contributed by atoms with E-state index in [-0.39, 0.29) is 0 Å². The average Bonchev–Trinajstić information content (AvgIpc) is 3.40. The lowest BCUT2D eigenvalue weighted by Crippen LogP contribution is -1.96. The molecule has 4 heterocycles. The third-order valence-electron chi connectivity index (χ3n) is 3.03. The van der Waals surface area contributed by atoms with Crippen molar-refractivity contribution < 1.29 is 4.42 Å². The van der Waals surface area contributed by atoms with Crippen LogP contribution in [0, 0.1) is 0 Å². The molecule has 0 aliphatic carbocycles. The number of furan rings is 1. The Hall–Kier alpha value is -1.68. The Morgan fingerprint density at radius 1 is 1.17 bits per heavy atom. The second-order valence-electron chi connectivity index (χ2n) is 4.72. The molecule has 0 fully saturated rings. The number of hydrogen-bond donors (Lipinski definition) is 1. The van der Waals surface area contributed by atoms with Crippen molar-refractivity contribution in [2.45, 2.75) is 16.6 Å². The summed E-state index contributed by atoms with van der Waals surface area (Å²) in [4.78, 5) is 5.90. The van der Waals surface area contributed by atoms with E-state index < -0.39 is 0 Å². The zero-order valence-electron chi connectivity index (χ0n) is 12.3. The van der Waals surface area contributed by atoms with Gasteiger partial charge in [-0.05, 0) is 23.6 Å². The molecule has 24 heavy (non-hydrogen) atoms. The van der Waals surface area contributed by atoms with Crippen LogP contribution in [0.1, 0.15) is 11.5 Å². The minimum atomic E-state index is 0.614. The number of thioether (sulfide) groups is 1. The van der Waals surface area contributed by atoms with E-state index in [4.69, 9.17) is 4.42 Å². The molecule has 0 radical (unpaired) electrons. The lowest BCUT2D eigenvalue weighted by atomic mass is 10.4. The van der Waals surface area contributed by atoms with E-state index in [1.54, 1.807) is 52.0 Å². The van der Waals surface area contributed by atoms with E-state index in [0.717, 1.165) is 31.7 Å². The van der Waals surface area contributed by atoms with Gasteiger partial charge in [-0.1, -0.05) is 29.2 Å². The largest absolute Gasteiger partial charge is 0.467 e. The predicted molar refractivity (Wildman–Crippen MR) is 101 cm³/mol.